The molecule has 0 bridgehead atoms. The van der Waals surface area contributed by atoms with Gasteiger partial charge in [0.25, 0.3) is 0 Å². The first-order valence-corrected chi connectivity index (χ1v) is 13.1. The van der Waals surface area contributed by atoms with E-state index in [0.717, 1.165) is 0 Å². The van der Waals surface area contributed by atoms with Gasteiger partial charge in [-0.25, -0.2) is 0 Å². The van der Waals surface area contributed by atoms with Crippen LogP contribution in [0.25, 0.3) is 0 Å². The fourth-order valence-electron chi connectivity index (χ4n) is 0.367. The molecular formula is Fe2Mn2Na2O21P6. The van der Waals surface area contributed by atoms with Gasteiger partial charge < -0.3 is 99.0 Å². The Labute approximate surface area is 270 Å². The number of hydrogen-bond donors (Lipinski definition) is 0. The van der Waals surface area contributed by atoms with Crippen LogP contribution in [-0.2, 0) is 109 Å². The predicted molar refractivity (Wildman–Crippen MR) is 48.9 cm³/mol. The summed E-state index contributed by atoms with van der Waals surface area (Å²) in [5.74, 6) is 0. The molecule has 0 amide bonds. The van der Waals surface area contributed by atoms with Crippen molar-refractivity contribution in [2.24, 2.45) is 0 Å². The van der Waals surface area contributed by atoms with Gasteiger partial charge in [0.2, 0.25) is 0 Å². The molecule has 0 fully saturated rings. The molecule has 0 aliphatic rings. The molecule has 0 rings (SSSR count). The molecule has 0 aromatic heterocycles. The van der Waals surface area contributed by atoms with E-state index in [1.54, 1.807) is 0 Å². The maximum Gasteiger partial charge on any atom is 3.00 e. The zero-order valence-corrected chi connectivity index (χ0v) is 28.7. The van der Waals surface area contributed by atoms with E-state index in [9.17, 15) is 86.1 Å². The van der Waals surface area contributed by atoms with Crippen molar-refractivity contribution in [2.45, 2.75) is 0 Å². The molecule has 0 aliphatic heterocycles. The number of rotatable bonds is 6. The summed E-state index contributed by atoms with van der Waals surface area (Å²) in [7, 11) is -34.1. The average Bonchev–Trinajstić information content (AvgIpc) is 1.96. The largest absolute Gasteiger partial charge is 3.00 e. The van der Waals surface area contributed by atoms with Gasteiger partial charge in [-0.1, -0.05) is 0 Å². The Morgan fingerprint density at radius 3 is 0.394 bits per heavy atom. The van der Waals surface area contributed by atoms with Crippen molar-refractivity contribution in [1.29, 1.82) is 0 Å². The van der Waals surface area contributed by atoms with Gasteiger partial charge in [0, 0.05) is 0 Å². The molecule has 0 atom stereocenters. The first-order valence-electron chi connectivity index (χ1n) is 4.38. The molecule has 188 valence electrons. The summed E-state index contributed by atoms with van der Waals surface area (Å²) in [6.07, 6.45) is 0. The first-order chi connectivity index (χ1) is 11.1. The maximum absolute atomic E-state index is 9.32. The fourth-order valence-corrected chi connectivity index (χ4v) is 3.31. The third-order valence-electron chi connectivity index (χ3n) is 0.600. The molecule has 0 spiro atoms. The van der Waals surface area contributed by atoms with Crippen molar-refractivity contribution in [3.8, 4) is 0 Å². The van der Waals surface area contributed by atoms with Crippen molar-refractivity contribution in [3.63, 3.8) is 0 Å². The maximum atomic E-state index is 9.32. The molecule has 0 aromatic rings. The van der Waals surface area contributed by atoms with Gasteiger partial charge >= 0.3 is 127 Å². The number of hydrogen-bond acceptors (Lipinski definition) is 21. The monoisotopic (exact) mass is 789 g/mol. The van der Waals surface area contributed by atoms with E-state index >= 15 is 0 Å². The van der Waals surface area contributed by atoms with Crippen molar-refractivity contribution in [1.82, 2.24) is 0 Å². The van der Waals surface area contributed by atoms with Gasteiger partial charge in [-0.3, -0.25) is 0 Å². The van der Waals surface area contributed by atoms with E-state index in [2.05, 4.69) is 12.9 Å². The van der Waals surface area contributed by atoms with Crippen LogP contribution in [0.3, 0.4) is 0 Å². The van der Waals surface area contributed by atoms with Gasteiger partial charge in [0.1, 0.15) is 0 Å². The molecule has 0 aliphatic carbocycles. The van der Waals surface area contributed by atoms with Crippen molar-refractivity contribution in [3.05, 3.63) is 0 Å². The Morgan fingerprint density at radius 2 is 0.394 bits per heavy atom. The Kier molecular flexibility index (Phi) is 46.1. The third-order valence-corrected chi connectivity index (χ3v) is 5.40. The second-order valence-electron chi connectivity index (χ2n) is 2.93. The van der Waals surface area contributed by atoms with Crippen LogP contribution in [0.2, 0.25) is 0 Å². The van der Waals surface area contributed by atoms with Gasteiger partial charge in [-0.15, -0.1) is 0 Å². The minimum absolute atomic E-state index is 0. The summed E-state index contributed by atoms with van der Waals surface area (Å²) in [5.41, 5.74) is 0. The summed E-state index contributed by atoms with van der Waals surface area (Å²) in [6.45, 7) is 0. The van der Waals surface area contributed by atoms with Crippen LogP contribution in [0.15, 0.2) is 0 Å². The molecule has 0 saturated carbocycles. The van der Waals surface area contributed by atoms with Crippen LogP contribution in [0.5, 0.6) is 0 Å². The predicted octanol–water partition coefficient (Wildman–Crippen LogP) is -16.0. The van der Waals surface area contributed by atoms with Crippen molar-refractivity contribution in [2.75, 3.05) is 0 Å². The molecule has 0 unspecified atom stereocenters. The molecule has 33 heavy (non-hydrogen) atoms. The molecule has 0 N–H and O–H groups in total. The topological polar surface area (TPSA) is 407 Å². The first kappa shape index (κ1) is 61.8. The second kappa shape index (κ2) is 24.6. The van der Waals surface area contributed by atoms with E-state index < -0.39 is 46.9 Å². The average molecular weight is 789 g/mol. The molecule has 33 heteroatoms. The standard InChI is InChI=1S/2Fe.2Mn.2Na.3H4O7P2/c;;;;;;3*1-8(2,3)7-9(4,5)6/h;;;;;;3*(H2,1,2,3)(H2,4,5,6)/q2*+3;2*+2;2*+1;;;/p-12. The summed E-state index contributed by atoms with van der Waals surface area (Å²) >= 11 is 0. The normalized spacial score (nSPS) is 11.3. The van der Waals surface area contributed by atoms with E-state index in [4.69, 9.17) is 0 Å². The zero-order chi connectivity index (χ0) is 23.1. The van der Waals surface area contributed by atoms with E-state index in [1.165, 1.54) is 0 Å². The Hall–Kier alpha value is 4.86. The zero-order valence-electron chi connectivity index (χ0n) is 14.7. The van der Waals surface area contributed by atoms with E-state index in [0.29, 0.717) is 0 Å². The minimum atomic E-state index is -5.68. The van der Waals surface area contributed by atoms with Crippen LogP contribution < -0.4 is 118 Å². The quantitative estimate of drug-likeness (QED) is 0.178. The second-order valence-corrected chi connectivity index (χ2v) is 10.3. The Bertz CT molecular complexity index is 574. The SMILES string of the molecule is O=P([O-])([O-])OP(=O)([O-])[O-].O=P([O-])([O-])OP(=O)([O-])[O-].O=P([O-])([O-])OP(=O)([O-])[O-].[Fe+3].[Fe+3].[Mn+2].[Mn+2].[Na+].[Na+]. The summed E-state index contributed by atoms with van der Waals surface area (Å²) in [4.78, 5) is 112. The van der Waals surface area contributed by atoms with Crippen molar-refractivity contribution < 1.29 is 226 Å². The molecule has 0 heterocycles. The van der Waals surface area contributed by atoms with E-state index in [1.807, 2.05) is 0 Å². The van der Waals surface area contributed by atoms with Gasteiger partial charge in [0.05, 0.1) is 46.9 Å². The van der Waals surface area contributed by atoms with Crippen molar-refractivity contribution >= 4 is 46.9 Å². The Morgan fingerprint density at radius 1 is 0.333 bits per heavy atom. The molecule has 0 saturated heterocycles. The van der Waals surface area contributed by atoms with Crippen LogP contribution in [-0.4, -0.2) is 0 Å². The van der Waals surface area contributed by atoms with Gasteiger partial charge in [-0.05, 0) is 0 Å². The Balaban J connectivity index is -0.0000000343. The van der Waals surface area contributed by atoms with Gasteiger partial charge in [0.15, 0.2) is 0 Å². The summed E-state index contributed by atoms with van der Waals surface area (Å²) < 4.78 is 63.5. The van der Waals surface area contributed by atoms with Crippen LogP contribution in [0.1, 0.15) is 0 Å². The number of phosphoric acid groups is 6. The van der Waals surface area contributed by atoms with Gasteiger partial charge in [-0.2, -0.15) is 0 Å². The molecule has 21 nitrogen and oxygen atoms in total. The third kappa shape index (κ3) is 85.7. The minimum Gasteiger partial charge on any atom is -0.790 e. The van der Waals surface area contributed by atoms with Crippen LogP contribution in [0, 0.1) is 0 Å². The fraction of sp³-hybridized carbons (Fsp3) is 0. The van der Waals surface area contributed by atoms with Crippen LogP contribution in [0.4, 0.5) is 0 Å². The molecular weight excluding hydrogens is 789 g/mol. The summed E-state index contributed by atoms with van der Waals surface area (Å²) in [5, 5.41) is 0. The van der Waals surface area contributed by atoms with E-state index in [-0.39, 0.29) is 127 Å². The molecule has 4 radical (unpaired) electrons. The summed E-state index contributed by atoms with van der Waals surface area (Å²) in [6, 6.07) is 0. The molecule has 0 aromatic carbocycles. The smallest absolute Gasteiger partial charge is 0.790 e. The van der Waals surface area contributed by atoms with Crippen LogP contribution >= 0.6 is 46.9 Å².